The first-order chi connectivity index (χ1) is 9.56. The molecule has 1 heterocycles. The van der Waals surface area contributed by atoms with Crippen molar-refractivity contribution in [2.45, 2.75) is 6.42 Å². The van der Waals surface area contributed by atoms with E-state index in [1.54, 1.807) is 21.3 Å². The molecular weight excluding hydrogens is 260 g/mol. The fourth-order valence-electron chi connectivity index (χ4n) is 2.17. The molecule has 2 rings (SSSR count). The summed E-state index contributed by atoms with van der Waals surface area (Å²) in [6, 6.07) is 5.33. The molecule has 0 N–H and O–H groups in total. The number of hydrogen-bond acceptors (Lipinski definition) is 4. The maximum Gasteiger partial charge on any atom is 0.326 e. The third-order valence-corrected chi connectivity index (χ3v) is 3.30. The summed E-state index contributed by atoms with van der Waals surface area (Å²) >= 11 is 0. The van der Waals surface area contributed by atoms with Crippen LogP contribution in [0.3, 0.4) is 0 Å². The molecule has 6 heteroatoms. The average molecular weight is 278 g/mol. The molecule has 0 saturated carbocycles. The van der Waals surface area contributed by atoms with Crippen molar-refractivity contribution >= 4 is 11.9 Å². The Morgan fingerprint density at radius 1 is 1.15 bits per heavy atom. The number of nitrogens with zero attached hydrogens (tertiary/aromatic N) is 2. The highest BCUT2D eigenvalue weighted by molar-refractivity contribution is 6.01. The Morgan fingerprint density at radius 3 is 2.40 bits per heavy atom. The van der Waals surface area contributed by atoms with Gasteiger partial charge < -0.3 is 14.4 Å². The Balaban J connectivity index is 2.04. The summed E-state index contributed by atoms with van der Waals surface area (Å²) in [4.78, 5) is 26.1. The molecule has 1 fully saturated rings. The molecule has 3 amide bonds. The second kappa shape index (κ2) is 5.81. The van der Waals surface area contributed by atoms with Gasteiger partial charge in [-0.05, 0) is 24.1 Å². The van der Waals surface area contributed by atoms with Crippen LogP contribution in [-0.2, 0) is 11.2 Å². The number of rotatable bonds is 5. The van der Waals surface area contributed by atoms with E-state index in [1.165, 1.54) is 9.80 Å². The van der Waals surface area contributed by atoms with Crippen LogP contribution in [0.5, 0.6) is 11.5 Å². The van der Waals surface area contributed by atoms with Gasteiger partial charge in [0.2, 0.25) is 5.91 Å². The lowest BCUT2D eigenvalue weighted by Crippen LogP contribution is -2.33. The fourth-order valence-corrected chi connectivity index (χ4v) is 2.17. The fraction of sp³-hybridized carbons (Fsp3) is 0.429. The Morgan fingerprint density at radius 2 is 1.85 bits per heavy atom. The quantitative estimate of drug-likeness (QED) is 0.758. The number of benzene rings is 1. The maximum absolute atomic E-state index is 11.7. The van der Waals surface area contributed by atoms with E-state index >= 15 is 0 Å². The second-order valence-electron chi connectivity index (χ2n) is 4.62. The monoisotopic (exact) mass is 278 g/mol. The van der Waals surface area contributed by atoms with Crippen molar-refractivity contribution in [1.29, 1.82) is 0 Å². The van der Waals surface area contributed by atoms with Crippen LogP contribution in [0.15, 0.2) is 18.2 Å². The van der Waals surface area contributed by atoms with Gasteiger partial charge in [0.25, 0.3) is 0 Å². The van der Waals surface area contributed by atoms with Gasteiger partial charge >= 0.3 is 6.03 Å². The molecule has 1 saturated heterocycles. The largest absolute Gasteiger partial charge is 0.493 e. The summed E-state index contributed by atoms with van der Waals surface area (Å²) < 4.78 is 10.4. The topological polar surface area (TPSA) is 59.1 Å². The summed E-state index contributed by atoms with van der Waals surface area (Å²) in [5.74, 6) is 1.14. The average Bonchev–Trinajstić information content (AvgIpc) is 2.70. The molecule has 1 aromatic carbocycles. The minimum absolute atomic E-state index is 0.155. The van der Waals surface area contributed by atoms with E-state index in [-0.39, 0.29) is 18.5 Å². The number of carbonyl (C=O) groups is 2. The van der Waals surface area contributed by atoms with Gasteiger partial charge in [0.15, 0.2) is 11.5 Å². The smallest absolute Gasteiger partial charge is 0.326 e. The molecule has 0 aromatic heterocycles. The molecule has 0 unspecified atom stereocenters. The molecule has 0 atom stereocenters. The number of imide groups is 1. The highest BCUT2D eigenvalue weighted by atomic mass is 16.5. The lowest BCUT2D eigenvalue weighted by atomic mass is 10.1. The van der Waals surface area contributed by atoms with E-state index in [9.17, 15) is 9.59 Å². The van der Waals surface area contributed by atoms with Gasteiger partial charge in [-0.15, -0.1) is 0 Å². The zero-order valence-corrected chi connectivity index (χ0v) is 11.9. The van der Waals surface area contributed by atoms with Gasteiger partial charge in [0.1, 0.15) is 6.54 Å². The lowest BCUT2D eigenvalue weighted by molar-refractivity contribution is -0.125. The first-order valence-electron chi connectivity index (χ1n) is 6.33. The van der Waals surface area contributed by atoms with E-state index < -0.39 is 0 Å². The van der Waals surface area contributed by atoms with E-state index in [0.29, 0.717) is 24.5 Å². The maximum atomic E-state index is 11.7. The Labute approximate surface area is 117 Å². The van der Waals surface area contributed by atoms with Crippen molar-refractivity contribution in [3.63, 3.8) is 0 Å². The molecular formula is C14H18N2O4. The van der Waals surface area contributed by atoms with Crippen molar-refractivity contribution in [1.82, 2.24) is 9.80 Å². The SMILES string of the molecule is COc1ccc(CCN2C(=O)CN(C)C2=O)cc1OC. The Kier molecular flexibility index (Phi) is 4.12. The third-order valence-electron chi connectivity index (χ3n) is 3.30. The molecule has 108 valence electrons. The van der Waals surface area contributed by atoms with Crippen LogP contribution in [0.1, 0.15) is 5.56 Å². The Bertz CT molecular complexity index is 530. The summed E-state index contributed by atoms with van der Waals surface area (Å²) in [5.41, 5.74) is 0.984. The second-order valence-corrected chi connectivity index (χ2v) is 4.62. The number of ether oxygens (including phenoxy) is 2. The summed E-state index contributed by atoms with van der Waals surface area (Å²) in [7, 11) is 4.77. The van der Waals surface area contributed by atoms with Crippen molar-refractivity contribution in [2.24, 2.45) is 0 Å². The molecule has 0 bridgehead atoms. The van der Waals surface area contributed by atoms with Gasteiger partial charge in [0.05, 0.1) is 14.2 Å². The summed E-state index contributed by atoms with van der Waals surface area (Å²) in [6.07, 6.45) is 0.589. The summed E-state index contributed by atoms with van der Waals surface area (Å²) in [5, 5.41) is 0. The van der Waals surface area contributed by atoms with Crippen LogP contribution in [0.4, 0.5) is 4.79 Å². The zero-order chi connectivity index (χ0) is 14.7. The zero-order valence-electron chi connectivity index (χ0n) is 11.9. The van der Waals surface area contributed by atoms with Crippen LogP contribution in [0.25, 0.3) is 0 Å². The van der Waals surface area contributed by atoms with E-state index in [0.717, 1.165) is 5.56 Å². The van der Waals surface area contributed by atoms with Crippen molar-refractivity contribution in [3.05, 3.63) is 23.8 Å². The third kappa shape index (κ3) is 2.68. The summed E-state index contributed by atoms with van der Waals surface area (Å²) in [6.45, 7) is 0.530. The number of likely N-dealkylation sites (N-methyl/N-ethyl adjacent to an activating group) is 1. The highest BCUT2D eigenvalue weighted by Crippen LogP contribution is 2.27. The highest BCUT2D eigenvalue weighted by Gasteiger charge is 2.32. The molecule has 0 spiro atoms. The molecule has 0 radical (unpaired) electrons. The van der Waals surface area contributed by atoms with E-state index in [1.807, 2.05) is 18.2 Å². The first-order valence-corrected chi connectivity index (χ1v) is 6.33. The molecule has 1 aliphatic heterocycles. The van der Waals surface area contributed by atoms with E-state index in [2.05, 4.69) is 0 Å². The number of carbonyl (C=O) groups excluding carboxylic acids is 2. The number of methoxy groups -OCH3 is 2. The predicted molar refractivity (Wildman–Crippen MR) is 73.0 cm³/mol. The normalized spacial score (nSPS) is 14.9. The molecule has 1 aromatic rings. The van der Waals surface area contributed by atoms with Crippen molar-refractivity contribution in [3.8, 4) is 11.5 Å². The standard InChI is InChI=1S/C14H18N2O4/c1-15-9-13(17)16(14(15)18)7-6-10-4-5-11(19-2)12(8-10)20-3/h4-5,8H,6-7,9H2,1-3H3. The molecule has 6 nitrogen and oxygen atoms in total. The molecule has 0 aliphatic carbocycles. The Hall–Kier alpha value is -2.24. The lowest BCUT2D eigenvalue weighted by Gasteiger charge is -2.15. The predicted octanol–water partition coefficient (Wildman–Crippen LogP) is 1.14. The number of hydrogen-bond donors (Lipinski definition) is 0. The van der Waals surface area contributed by atoms with E-state index in [4.69, 9.17) is 9.47 Å². The van der Waals surface area contributed by atoms with Crippen molar-refractivity contribution in [2.75, 3.05) is 34.4 Å². The van der Waals surface area contributed by atoms with Crippen LogP contribution < -0.4 is 9.47 Å². The number of urea groups is 1. The van der Waals surface area contributed by atoms with Crippen LogP contribution in [-0.4, -0.2) is 56.1 Å². The van der Waals surface area contributed by atoms with Gasteiger partial charge in [-0.1, -0.05) is 6.07 Å². The minimum Gasteiger partial charge on any atom is -0.493 e. The van der Waals surface area contributed by atoms with Gasteiger partial charge in [-0.2, -0.15) is 0 Å². The van der Waals surface area contributed by atoms with Crippen LogP contribution >= 0.6 is 0 Å². The molecule has 20 heavy (non-hydrogen) atoms. The molecule has 1 aliphatic rings. The van der Waals surface area contributed by atoms with Crippen LogP contribution in [0.2, 0.25) is 0 Å². The van der Waals surface area contributed by atoms with Gasteiger partial charge in [-0.25, -0.2) is 4.79 Å². The number of amides is 3. The first kappa shape index (κ1) is 14.2. The van der Waals surface area contributed by atoms with Crippen LogP contribution in [0, 0.1) is 0 Å². The minimum atomic E-state index is -0.240. The van der Waals surface area contributed by atoms with Gasteiger partial charge in [0, 0.05) is 13.6 Å². The van der Waals surface area contributed by atoms with Gasteiger partial charge in [-0.3, -0.25) is 9.69 Å². The van der Waals surface area contributed by atoms with Crippen molar-refractivity contribution < 1.29 is 19.1 Å².